The number of morpholine rings is 1. The van der Waals surface area contributed by atoms with Gasteiger partial charge in [-0.25, -0.2) is 9.78 Å². The molecule has 1 aromatic heterocycles. The van der Waals surface area contributed by atoms with E-state index in [1.165, 1.54) is 0 Å². The van der Waals surface area contributed by atoms with Crippen LogP contribution in [0.2, 0.25) is 0 Å². The third-order valence-corrected chi connectivity index (χ3v) is 3.61. The molecule has 6 nitrogen and oxygen atoms in total. The lowest BCUT2D eigenvalue weighted by Gasteiger charge is -2.28. The summed E-state index contributed by atoms with van der Waals surface area (Å²) in [7, 11) is 0. The number of aromatic nitrogens is 1. The molecular weight excluding hydrogens is 330 g/mol. The van der Waals surface area contributed by atoms with E-state index in [1.54, 1.807) is 0 Å². The highest BCUT2D eigenvalue weighted by Gasteiger charge is 2.22. The number of pyridine rings is 1. The normalized spacial score (nSPS) is 15.1. The lowest BCUT2D eigenvalue weighted by molar-refractivity contribution is 0.0494. The Bertz CT molecular complexity index is 705. The molecule has 0 saturated carbocycles. The van der Waals surface area contributed by atoms with Crippen LogP contribution in [-0.4, -0.2) is 48.5 Å². The molecule has 6 heteroatoms. The second-order valence-electron chi connectivity index (χ2n) is 7.99. The van der Waals surface area contributed by atoms with Crippen LogP contribution in [0.3, 0.4) is 0 Å². The molecule has 142 valence electrons. The minimum atomic E-state index is -0.729. The van der Waals surface area contributed by atoms with Crippen molar-refractivity contribution in [2.75, 3.05) is 31.2 Å². The van der Waals surface area contributed by atoms with Crippen molar-refractivity contribution in [3.05, 3.63) is 23.4 Å². The Balaban J connectivity index is 2.12. The molecule has 26 heavy (non-hydrogen) atoms. The highest BCUT2D eigenvalue weighted by Crippen LogP contribution is 2.16. The van der Waals surface area contributed by atoms with E-state index >= 15 is 0 Å². The summed E-state index contributed by atoms with van der Waals surface area (Å²) in [4.78, 5) is 18.8. The van der Waals surface area contributed by atoms with Crippen molar-refractivity contribution in [2.24, 2.45) is 0 Å². The predicted molar refractivity (Wildman–Crippen MR) is 102 cm³/mol. The van der Waals surface area contributed by atoms with E-state index in [1.807, 2.05) is 47.6 Å². The highest BCUT2D eigenvalue weighted by atomic mass is 16.6. The smallest absolute Gasteiger partial charge is 0.408 e. The molecule has 1 aliphatic heterocycles. The third kappa shape index (κ3) is 6.57. The molecule has 2 heterocycles. The number of hydrogen-bond acceptors (Lipinski definition) is 5. The van der Waals surface area contributed by atoms with Crippen LogP contribution in [0.25, 0.3) is 0 Å². The van der Waals surface area contributed by atoms with Gasteiger partial charge < -0.3 is 19.7 Å². The largest absolute Gasteiger partial charge is 0.444 e. The van der Waals surface area contributed by atoms with Crippen molar-refractivity contribution in [3.63, 3.8) is 0 Å². The summed E-state index contributed by atoms with van der Waals surface area (Å²) in [5, 5.41) is 2.79. The summed E-state index contributed by atoms with van der Waals surface area (Å²) < 4.78 is 10.7. The van der Waals surface area contributed by atoms with Crippen molar-refractivity contribution in [2.45, 2.75) is 52.7 Å². The first-order valence-electron chi connectivity index (χ1n) is 8.90. The number of amides is 1. The number of rotatable bonds is 2. The standard InChI is InChI=1S/C20H29N3O3/c1-15-13-16(21-17(14-15)23-9-11-25-12-10-23)7-8-20(5,6)22-18(24)26-19(2,3)4/h13-14H,9-12H2,1-6H3,(H,22,24). The molecular formula is C20H29N3O3. The first-order valence-corrected chi connectivity index (χ1v) is 8.90. The van der Waals surface area contributed by atoms with E-state index in [9.17, 15) is 4.79 Å². The van der Waals surface area contributed by atoms with Crippen LogP contribution < -0.4 is 10.2 Å². The van der Waals surface area contributed by atoms with Crippen molar-refractivity contribution in [1.29, 1.82) is 0 Å². The van der Waals surface area contributed by atoms with Crippen LogP contribution >= 0.6 is 0 Å². The van der Waals surface area contributed by atoms with Crippen molar-refractivity contribution in [3.8, 4) is 11.8 Å². The topological polar surface area (TPSA) is 63.7 Å². The molecule has 1 aromatic rings. The van der Waals surface area contributed by atoms with E-state index in [2.05, 4.69) is 33.1 Å². The van der Waals surface area contributed by atoms with Crippen molar-refractivity contribution in [1.82, 2.24) is 10.3 Å². The van der Waals surface area contributed by atoms with Crippen molar-refractivity contribution < 1.29 is 14.3 Å². The quantitative estimate of drug-likeness (QED) is 0.823. The van der Waals surface area contributed by atoms with E-state index in [4.69, 9.17) is 9.47 Å². The van der Waals surface area contributed by atoms with Crippen LogP contribution in [-0.2, 0) is 9.47 Å². The van der Waals surface area contributed by atoms with Gasteiger partial charge in [0.2, 0.25) is 0 Å². The zero-order valence-corrected chi connectivity index (χ0v) is 16.6. The van der Waals surface area contributed by atoms with Crippen LogP contribution in [0.15, 0.2) is 12.1 Å². The van der Waals surface area contributed by atoms with Gasteiger partial charge in [-0.1, -0.05) is 5.92 Å². The van der Waals surface area contributed by atoms with Gasteiger partial charge >= 0.3 is 6.09 Å². The molecule has 0 atom stereocenters. The van der Waals surface area contributed by atoms with Gasteiger partial charge in [0.25, 0.3) is 0 Å². The van der Waals surface area contributed by atoms with Gasteiger partial charge in [-0.3, -0.25) is 0 Å². The third-order valence-electron chi connectivity index (χ3n) is 3.61. The minimum Gasteiger partial charge on any atom is -0.444 e. The maximum absolute atomic E-state index is 12.0. The SMILES string of the molecule is Cc1cc(C#CC(C)(C)NC(=O)OC(C)(C)C)nc(N2CCOCC2)c1. The maximum atomic E-state index is 12.0. The number of ether oxygens (including phenoxy) is 2. The van der Waals surface area contributed by atoms with Gasteiger partial charge in [-0.2, -0.15) is 0 Å². The van der Waals surface area contributed by atoms with Gasteiger partial charge in [0.1, 0.15) is 17.1 Å². The molecule has 0 aliphatic carbocycles. The first kappa shape index (κ1) is 20.1. The van der Waals surface area contributed by atoms with Gasteiger partial charge in [0.05, 0.1) is 18.8 Å². The Morgan fingerprint density at radius 2 is 1.88 bits per heavy atom. The van der Waals surface area contributed by atoms with Crippen molar-refractivity contribution >= 4 is 11.9 Å². The van der Waals surface area contributed by atoms with Gasteiger partial charge in [0.15, 0.2) is 0 Å². The van der Waals surface area contributed by atoms with Crippen LogP contribution in [0.1, 0.15) is 45.9 Å². The summed E-state index contributed by atoms with van der Waals surface area (Å²) in [5.74, 6) is 7.08. The molecule has 0 spiro atoms. The van der Waals surface area contributed by atoms with Crippen LogP contribution in [0.4, 0.5) is 10.6 Å². The molecule has 1 fully saturated rings. The molecule has 1 aliphatic rings. The van der Waals surface area contributed by atoms with E-state index in [-0.39, 0.29) is 0 Å². The fourth-order valence-electron chi connectivity index (χ4n) is 2.48. The fraction of sp³-hybridized carbons (Fsp3) is 0.600. The highest BCUT2D eigenvalue weighted by molar-refractivity contribution is 5.69. The number of hydrogen-bond donors (Lipinski definition) is 1. The number of aryl methyl sites for hydroxylation is 1. The lowest BCUT2D eigenvalue weighted by Crippen LogP contribution is -2.44. The van der Waals surface area contributed by atoms with Crippen LogP contribution in [0.5, 0.6) is 0 Å². The van der Waals surface area contributed by atoms with E-state index < -0.39 is 17.2 Å². The number of nitrogens with zero attached hydrogens (tertiary/aromatic N) is 2. The second kappa shape index (κ2) is 7.96. The molecule has 0 bridgehead atoms. The molecule has 0 aromatic carbocycles. The number of carbonyl (C=O) groups is 1. The summed E-state index contributed by atoms with van der Waals surface area (Å²) in [6.07, 6.45) is -0.483. The maximum Gasteiger partial charge on any atom is 0.408 e. The zero-order valence-electron chi connectivity index (χ0n) is 16.6. The van der Waals surface area contributed by atoms with E-state index in [0.717, 1.165) is 24.5 Å². The van der Waals surface area contributed by atoms with E-state index in [0.29, 0.717) is 18.9 Å². The average Bonchev–Trinajstić information content (AvgIpc) is 2.51. The second-order valence-corrected chi connectivity index (χ2v) is 7.99. The Labute approximate surface area is 156 Å². The summed E-state index contributed by atoms with van der Waals surface area (Å²) in [5.41, 5.74) is 0.514. The number of alkyl carbamates (subject to hydrolysis) is 1. The number of anilines is 1. The Morgan fingerprint density at radius 3 is 2.50 bits per heavy atom. The van der Waals surface area contributed by atoms with Gasteiger partial charge in [-0.15, -0.1) is 0 Å². The Hall–Kier alpha value is -2.26. The number of carbonyl (C=O) groups excluding carboxylic acids is 1. The summed E-state index contributed by atoms with van der Waals surface area (Å²) >= 11 is 0. The Kier molecular flexibility index (Phi) is 6.14. The molecule has 1 N–H and O–H groups in total. The van der Waals surface area contributed by atoms with Crippen LogP contribution in [0, 0.1) is 18.8 Å². The molecule has 2 rings (SSSR count). The zero-order chi connectivity index (χ0) is 19.4. The summed E-state index contributed by atoms with van der Waals surface area (Å²) in [6, 6.07) is 4.00. The minimum absolute atomic E-state index is 0.483. The first-order chi connectivity index (χ1) is 12.0. The fourth-order valence-corrected chi connectivity index (χ4v) is 2.48. The Morgan fingerprint density at radius 1 is 1.23 bits per heavy atom. The molecule has 1 amide bonds. The van der Waals surface area contributed by atoms with Gasteiger partial charge in [0, 0.05) is 13.1 Å². The number of nitrogens with one attached hydrogen (secondary N) is 1. The predicted octanol–water partition coefficient (Wildman–Crippen LogP) is 2.88. The lowest BCUT2D eigenvalue weighted by atomic mass is 10.1. The molecule has 1 saturated heterocycles. The molecule has 0 radical (unpaired) electrons. The summed E-state index contributed by atoms with van der Waals surface area (Å²) in [6.45, 7) is 14.3. The monoisotopic (exact) mass is 359 g/mol. The molecule has 0 unspecified atom stereocenters. The van der Waals surface area contributed by atoms with Gasteiger partial charge in [-0.05, 0) is 65.2 Å². The average molecular weight is 359 g/mol.